The minimum Gasteiger partial charge on any atom is -0.344 e. The second kappa shape index (κ2) is 5.89. The summed E-state index contributed by atoms with van der Waals surface area (Å²) >= 11 is 1.45. The van der Waals surface area contributed by atoms with Crippen LogP contribution in [0.1, 0.15) is 37.9 Å². The van der Waals surface area contributed by atoms with Crippen LogP contribution in [-0.4, -0.2) is 52.9 Å². The first-order valence-electron chi connectivity index (χ1n) is 7.28. The van der Waals surface area contributed by atoms with E-state index in [1.807, 2.05) is 4.90 Å². The highest BCUT2D eigenvalue weighted by molar-refractivity contribution is 7.09. The maximum atomic E-state index is 12.6. The number of halogens is 2. The van der Waals surface area contributed by atoms with Crippen molar-refractivity contribution in [3.05, 3.63) is 5.82 Å². The van der Waals surface area contributed by atoms with E-state index in [-0.39, 0.29) is 12.6 Å². The molecule has 1 aromatic rings. The minimum atomic E-state index is -2.25. The van der Waals surface area contributed by atoms with Gasteiger partial charge in [-0.3, -0.25) is 4.90 Å². The van der Waals surface area contributed by atoms with Crippen molar-refractivity contribution in [2.24, 2.45) is 0 Å². The molecule has 1 aliphatic carbocycles. The molecule has 0 N–H and O–H groups in total. The summed E-state index contributed by atoms with van der Waals surface area (Å²) in [5.74, 6) is 1.55. The quantitative estimate of drug-likeness (QED) is 0.837. The first-order valence-corrected chi connectivity index (χ1v) is 8.05. The highest BCUT2D eigenvalue weighted by atomic mass is 32.1. The second-order valence-corrected chi connectivity index (χ2v) is 6.33. The van der Waals surface area contributed by atoms with E-state index in [1.165, 1.54) is 24.4 Å². The molecule has 1 saturated heterocycles. The van der Waals surface area contributed by atoms with Crippen molar-refractivity contribution in [2.75, 3.05) is 31.1 Å². The third kappa shape index (κ3) is 3.09. The molecule has 0 aromatic carbocycles. The van der Waals surface area contributed by atoms with Gasteiger partial charge in [0.2, 0.25) is 5.13 Å². The number of hydrogen-bond acceptors (Lipinski definition) is 5. The Hall–Kier alpha value is -0.820. The lowest BCUT2D eigenvalue weighted by Crippen LogP contribution is -2.54. The topological polar surface area (TPSA) is 32.3 Å². The van der Waals surface area contributed by atoms with E-state index in [2.05, 4.69) is 21.2 Å². The van der Waals surface area contributed by atoms with E-state index in [0.717, 1.165) is 30.5 Å². The van der Waals surface area contributed by atoms with Gasteiger partial charge in [-0.1, -0.05) is 6.92 Å². The van der Waals surface area contributed by atoms with Crippen molar-refractivity contribution in [1.82, 2.24) is 14.3 Å². The van der Waals surface area contributed by atoms with Gasteiger partial charge in [-0.05, 0) is 19.3 Å². The summed E-state index contributed by atoms with van der Waals surface area (Å²) in [5, 5.41) is 0.960. The average Bonchev–Trinajstić information content (AvgIpc) is 3.17. The summed E-state index contributed by atoms with van der Waals surface area (Å²) in [6, 6.07) is 0.186. The van der Waals surface area contributed by atoms with Crippen molar-refractivity contribution in [1.29, 1.82) is 0 Å². The molecule has 1 aliphatic heterocycles. The first-order chi connectivity index (χ1) is 9.67. The Kier molecular flexibility index (Phi) is 4.16. The Morgan fingerprint density at radius 3 is 2.80 bits per heavy atom. The molecule has 0 spiro atoms. The fraction of sp³-hybridized carbons (Fsp3) is 0.846. The predicted molar refractivity (Wildman–Crippen MR) is 75.8 cm³/mol. The number of piperazine rings is 1. The van der Waals surface area contributed by atoms with Crippen LogP contribution in [0.5, 0.6) is 0 Å². The van der Waals surface area contributed by atoms with Crippen molar-refractivity contribution < 1.29 is 8.78 Å². The number of nitrogens with zero attached hydrogens (tertiary/aromatic N) is 4. The molecule has 0 radical (unpaired) electrons. The Morgan fingerprint density at radius 1 is 1.35 bits per heavy atom. The lowest BCUT2D eigenvalue weighted by atomic mass is 10.1. The molecular formula is C13H20F2N4S. The van der Waals surface area contributed by atoms with Gasteiger partial charge in [-0.25, -0.2) is 13.8 Å². The number of hydrogen-bond donors (Lipinski definition) is 0. The molecule has 0 unspecified atom stereocenters. The van der Waals surface area contributed by atoms with Crippen LogP contribution in [0.15, 0.2) is 0 Å². The number of alkyl halides is 2. The van der Waals surface area contributed by atoms with Crippen LogP contribution in [-0.2, 0) is 0 Å². The lowest BCUT2D eigenvalue weighted by molar-refractivity contribution is 0.0588. The largest absolute Gasteiger partial charge is 0.344 e. The molecule has 20 heavy (non-hydrogen) atoms. The zero-order valence-corrected chi connectivity index (χ0v) is 12.5. The van der Waals surface area contributed by atoms with Crippen molar-refractivity contribution in [3.8, 4) is 0 Å². The predicted octanol–water partition coefficient (Wildman–Crippen LogP) is 2.58. The summed E-state index contributed by atoms with van der Waals surface area (Å²) in [6.07, 6.45) is 1.04. The van der Waals surface area contributed by atoms with Crippen LogP contribution >= 0.6 is 11.5 Å². The van der Waals surface area contributed by atoms with E-state index in [4.69, 9.17) is 0 Å². The van der Waals surface area contributed by atoms with Gasteiger partial charge >= 0.3 is 0 Å². The van der Waals surface area contributed by atoms with Gasteiger partial charge in [-0.2, -0.15) is 4.37 Å². The number of aromatic nitrogens is 2. The lowest BCUT2D eigenvalue weighted by Gasteiger charge is -2.40. The maximum absolute atomic E-state index is 12.6. The molecule has 2 aliphatic rings. The summed E-state index contributed by atoms with van der Waals surface area (Å²) in [4.78, 5) is 8.73. The molecule has 112 valence electrons. The van der Waals surface area contributed by atoms with E-state index in [1.54, 1.807) is 0 Å². The Labute approximate surface area is 122 Å². The molecule has 1 atom stereocenters. The third-order valence-electron chi connectivity index (χ3n) is 4.09. The second-order valence-electron chi connectivity index (χ2n) is 5.60. The Morgan fingerprint density at radius 2 is 2.15 bits per heavy atom. The fourth-order valence-corrected chi connectivity index (χ4v) is 3.51. The summed E-state index contributed by atoms with van der Waals surface area (Å²) in [7, 11) is 0. The third-order valence-corrected chi connectivity index (χ3v) is 4.88. The number of anilines is 1. The molecule has 0 bridgehead atoms. The van der Waals surface area contributed by atoms with E-state index < -0.39 is 6.43 Å². The summed E-state index contributed by atoms with van der Waals surface area (Å²) < 4.78 is 29.6. The zero-order valence-electron chi connectivity index (χ0n) is 11.6. The molecule has 4 nitrogen and oxygen atoms in total. The molecular weight excluding hydrogens is 282 g/mol. The molecule has 1 saturated carbocycles. The van der Waals surface area contributed by atoms with Gasteiger partial charge in [0.1, 0.15) is 5.82 Å². The van der Waals surface area contributed by atoms with Crippen molar-refractivity contribution in [2.45, 2.75) is 44.6 Å². The van der Waals surface area contributed by atoms with Crippen LogP contribution in [0.25, 0.3) is 0 Å². The van der Waals surface area contributed by atoms with E-state index in [9.17, 15) is 8.78 Å². The standard InChI is InChI=1S/C13H20F2N4S/c1-2-10-7-19(6-5-18(10)8-11(14)15)13-16-12(17-20-13)9-3-4-9/h9-11H,2-8H2,1H3/t10-/m0/s1. The smallest absolute Gasteiger partial charge is 0.251 e. The van der Waals surface area contributed by atoms with Gasteiger partial charge in [-0.15, -0.1) is 0 Å². The summed E-state index contributed by atoms with van der Waals surface area (Å²) in [5.41, 5.74) is 0. The van der Waals surface area contributed by atoms with Crippen LogP contribution in [0.4, 0.5) is 13.9 Å². The minimum absolute atomic E-state index is 0.115. The van der Waals surface area contributed by atoms with Crippen molar-refractivity contribution >= 4 is 16.7 Å². The van der Waals surface area contributed by atoms with Crippen LogP contribution in [0.2, 0.25) is 0 Å². The molecule has 2 fully saturated rings. The normalized spacial score (nSPS) is 24.6. The maximum Gasteiger partial charge on any atom is 0.251 e. The summed E-state index contributed by atoms with van der Waals surface area (Å²) in [6.45, 7) is 4.17. The Bertz CT molecular complexity index is 449. The Balaban J connectivity index is 1.63. The highest BCUT2D eigenvalue weighted by Crippen LogP contribution is 2.39. The highest BCUT2D eigenvalue weighted by Gasteiger charge is 2.31. The first kappa shape index (κ1) is 14.1. The van der Waals surface area contributed by atoms with Crippen LogP contribution < -0.4 is 4.90 Å². The van der Waals surface area contributed by atoms with Gasteiger partial charge in [0.05, 0.1) is 6.54 Å². The van der Waals surface area contributed by atoms with Crippen LogP contribution in [0.3, 0.4) is 0 Å². The monoisotopic (exact) mass is 302 g/mol. The molecule has 0 amide bonds. The molecule has 1 aromatic heterocycles. The zero-order chi connectivity index (χ0) is 14.1. The van der Waals surface area contributed by atoms with Crippen molar-refractivity contribution in [3.63, 3.8) is 0 Å². The molecule has 2 heterocycles. The van der Waals surface area contributed by atoms with Gasteiger partial charge in [0.25, 0.3) is 6.43 Å². The van der Waals surface area contributed by atoms with Crippen LogP contribution in [0, 0.1) is 0 Å². The fourth-order valence-electron chi connectivity index (χ4n) is 2.73. The van der Waals surface area contributed by atoms with E-state index >= 15 is 0 Å². The number of rotatable bonds is 5. The van der Waals surface area contributed by atoms with E-state index in [0.29, 0.717) is 12.5 Å². The SMILES string of the molecule is CC[C@H]1CN(c2nc(C3CC3)ns2)CCN1CC(F)F. The molecule has 3 rings (SSSR count). The van der Waals surface area contributed by atoms with Gasteiger partial charge in [0.15, 0.2) is 0 Å². The average molecular weight is 302 g/mol. The van der Waals surface area contributed by atoms with Gasteiger partial charge in [0, 0.05) is 43.1 Å². The van der Waals surface area contributed by atoms with Gasteiger partial charge < -0.3 is 4.90 Å². The molecule has 7 heteroatoms.